The molecule has 8 heteroatoms. The SMILES string of the molecule is CCCn1ncnc1Cn1cc(CCCCC(=O)O)nn1. The van der Waals surface area contributed by atoms with Crippen molar-refractivity contribution in [2.24, 2.45) is 0 Å². The van der Waals surface area contributed by atoms with E-state index in [-0.39, 0.29) is 6.42 Å². The predicted octanol–water partition coefficient (Wildman–Crippen LogP) is 1.13. The Morgan fingerprint density at radius 2 is 2.24 bits per heavy atom. The lowest BCUT2D eigenvalue weighted by Crippen LogP contribution is -2.10. The molecule has 2 aromatic heterocycles. The molecule has 2 heterocycles. The molecule has 0 bridgehead atoms. The second kappa shape index (κ2) is 7.51. The minimum atomic E-state index is -0.756. The summed E-state index contributed by atoms with van der Waals surface area (Å²) in [6, 6.07) is 0. The van der Waals surface area contributed by atoms with Crippen LogP contribution in [-0.4, -0.2) is 40.8 Å². The molecule has 0 atom stereocenters. The van der Waals surface area contributed by atoms with Gasteiger partial charge in [-0.25, -0.2) is 14.3 Å². The van der Waals surface area contributed by atoms with E-state index in [4.69, 9.17) is 5.11 Å². The smallest absolute Gasteiger partial charge is 0.303 e. The molecule has 2 aromatic rings. The number of carbonyl (C=O) groups is 1. The highest BCUT2D eigenvalue weighted by atomic mass is 16.4. The van der Waals surface area contributed by atoms with Crippen LogP contribution in [0.2, 0.25) is 0 Å². The fourth-order valence-corrected chi connectivity index (χ4v) is 2.07. The number of hydrogen-bond donors (Lipinski definition) is 1. The molecule has 0 spiro atoms. The molecule has 0 aliphatic heterocycles. The number of unbranched alkanes of at least 4 members (excludes halogenated alkanes) is 1. The van der Waals surface area contributed by atoms with Gasteiger partial charge in [-0.15, -0.1) is 5.10 Å². The standard InChI is InChI=1S/C13H20N6O2/c1-2-7-19-12(14-10-15-19)9-18-8-11(16-17-18)5-3-4-6-13(20)21/h8,10H,2-7,9H2,1H3,(H,20,21). The lowest BCUT2D eigenvalue weighted by molar-refractivity contribution is -0.137. The molecule has 0 radical (unpaired) electrons. The quantitative estimate of drug-likeness (QED) is 0.695. The summed E-state index contributed by atoms with van der Waals surface area (Å²) >= 11 is 0. The molecule has 0 aromatic carbocycles. The van der Waals surface area contributed by atoms with Gasteiger partial charge in [-0.1, -0.05) is 12.1 Å². The third-order valence-corrected chi connectivity index (χ3v) is 3.09. The first-order valence-electron chi connectivity index (χ1n) is 7.16. The first kappa shape index (κ1) is 15.1. The van der Waals surface area contributed by atoms with Crippen LogP contribution in [0.25, 0.3) is 0 Å². The van der Waals surface area contributed by atoms with E-state index in [1.54, 1.807) is 11.0 Å². The second-order valence-corrected chi connectivity index (χ2v) is 4.91. The van der Waals surface area contributed by atoms with Crippen LogP contribution in [-0.2, 0) is 24.3 Å². The van der Waals surface area contributed by atoms with Crippen LogP contribution >= 0.6 is 0 Å². The molecule has 0 amide bonds. The minimum absolute atomic E-state index is 0.203. The van der Waals surface area contributed by atoms with Crippen LogP contribution in [0.1, 0.15) is 44.1 Å². The molecular weight excluding hydrogens is 272 g/mol. The lowest BCUT2D eigenvalue weighted by atomic mass is 10.1. The Kier molecular flexibility index (Phi) is 5.42. The van der Waals surface area contributed by atoms with Gasteiger partial charge in [0.25, 0.3) is 0 Å². The number of aryl methyl sites for hydroxylation is 2. The van der Waals surface area contributed by atoms with Crippen molar-refractivity contribution in [3.05, 3.63) is 24.0 Å². The molecule has 8 nitrogen and oxygen atoms in total. The highest BCUT2D eigenvalue weighted by Crippen LogP contribution is 2.05. The van der Waals surface area contributed by atoms with Crippen LogP contribution in [0, 0.1) is 0 Å². The molecule has 0 fully saturated rings. The van der Waals surface area contributed by atoms with Crippen molar-refractivity contribution < 1.29 is 9.90 Å². The van der Waals surface area contributed by atoms with Crippen molar-refractivity contribution in [3.63, 3.8) is 0 Å². The van der Waals surface area contributed by atoms with Crippen molar-refractivity contribution in [3.8, 4) is 0 Å². The van der Waals surface area contributed by atoms with Crippen molar-refractivity contribution >= 4 is 5.97 Å². The summed E-state index contributed by atoms with van der Waals surface area (Å²) in [7, 11) is 0. The van der Waals surface area contributed by atoms with E-state index in [1.165, 1.54) is 0 Å². The average Bonchev–Trinajstić information content (AvgIpc) is 3.06. The number of aliphatic carboxylic acids is 1. The molecule has 0 unspecified atom stereocenters. The Morgan fingerprint density at radius 1 is 1.38 bits per heavy atom. The van der Waals surface area contributed by atoms with E-state index in [0.717, 1.165) is 37.3 Å². The molecule has 1 N–H and O–H groups in total. The Morgan fingerprint density at radius 3 is 3.00 bits per heavy atom. The molecule has 21 heavy (non-hydrogen) atoms. The van der Waals surface area contributed by atoms with E-state index in [9.17, 15) is 4.79 Å². The summed E-state index contributed by atoms with van der Waals surface area (Å²) in [5.74, 6) is 0.105. The maximum Gasteiger partial charge on any atom is 0.303 e. The predicted molar refractivity (Wildman–Crippen MR) is 74.6 cm³/mol. The fraction of sp³-hybridized carbons (Fsp3) is 0.615. The van der Waals surface area contributed by atoms with E-state index in [0.29, 0.717) is 13.0 Å². The van der Waals surface area contributed by atoms with Gasteiger partial charge in [-0.3, -0.25) is 4.79 Å². The zero-order valence-electron chi connectivity index (χ0n) is 12.1. The van der Waals surface area contributed by atoms with Crippen molar-refractivity contribution in [1.29, 1.82) is 0 Å². The normalized spacial score (nSPS) is 10.9. The Balaban J connectivity index is 1.85. The third-order valence-electron chi connectivity index (χ3n) is 3.09. The summed E-state index contributed by atoms with van der Waals surface area (Å²) in [6.45, 7) is 3.48. The van der Waals surface area contributed by atoms with Gasteiger partial charge in [0.05, 0.1) is 5.69 Å². The summed E-state index contributed by atoms with van der Waals surface area (Å²) in [4.78, 5) is 14.7. The minimum Gasteiger partial charge on any atom is -0.481 e. The van der Waals surface area contributed by atoms with Crippen molar-refractivity contribution in [2.45, 2.75) is 52.1 Å². The van der Waals surface area contributed by atoms with Crippen LogP contribution in [0.15, 0.2) is 12.5 Å². The van der Waals surface area contributed by atoms with Crippen LogP contribution in [0.3, 0.4) is 0 Å². The maximum atomic E-state index is 10.4. The van der Waals surface area contributed by atoms with Gasteiger partial charge in [0.1, 0.15) is 18.7 Å². The van der Waals surface area contributed by atoms with Gasteiger partial charge >= 0.3 is 5.97 Å². The summed E-state index contributed by atoms with van der Waals surface area (Å²) < 4.78 is 3.61. The van der Waals surface area contributed by atoms with Gasteiger partial charge in [-0.2, -0.15) is 5.10 Å². The summed E-state index contributed by atoms with van der Waals surface area (Å²) in [5.41, 5.74) is 0.877. The monoisotopic (exact) mass is 292 g/mol. The van der Waals surface area contributed by atoms with Gasteiger partial charge < -0.3 is 5.11 Å². The van der Waals surface area contributed by atoms with Crippen LogP contribution in [0.4, 0.5) is 0 Å². The van der Waals surface area contributed by atoms with E-state index >= 15 is 0 Å². The van der Waals surface area contributed by atoms with Gasteiger partial charge in [0.2, 0.25) is 0 Å². The molecular formula is C13H20N6O2. The number of nitrogens with zero attached hydrogens (tertiary/aromatic N) is 6. The zero-order chi connectivity index (χ0) is 15.1. The number of carboxylic acid groups (broad SMARTS) is 1. The van der Waals surface area contributed by atoms with Crippen LogP contribution < -0.4 is 0 Å². The number of aromatic nitrogens is 6. The van der Waals surface area contributed by atoms with Crippen LogP contribution in [0.5, 0.6) is 0 Å². The Bertz CT molecular complexity index is 577. The first-order chi connectivity index (χ1) is 10.2. The molecule has 114 valence electrons. The number of carboxylic acids is 1. The Labute approximate surface area is 122 Å². The van der Waals surface area contributed by atoms with E-state index < -0.39 is 5.97 Å². The van der Waals surface area contributed by atoms with Gasteiger partial charge in [0, 0.05) is 19.2 Å². The van der Waals surface area contributed by atoms with E-state index in [2.05, 4.69) is 27.3 Å². The summed E-state index contributed by atoms with van der Waals surface area (Å²) in [5, 5.41) is 20.9. The Hall–Kier alpha value is -2.25. The zero-order valence-corrected chi connectivity index (χ0v) is 12.1. The molecule has 2 rings (SSSR count). The third kappa shape index (κ3) is 4.66. The van der Waals surface area contributed by atoms with Gasteiger partial charge in [0.15, 0.2) is 0 Å². The first-order valence-corrected chi connectivity index (χ1v) is 7.16. The maximum absolute atomic E-state index is 10.4. The second-order valence-electron chi connectivity index (χ2n) is 4.91. The highest BCUT2D eigenvalue weighted by Gasteiger charge is 2.07. The van der Waals surface area contributed by atoms with Crippen molar-refractivity contribution in [2.75, 3.05) is 0 Å². The lowest BCUT2D eigenvalue weighted by Gasteiger charge is -2.03. The number of hydrogen-bond acceptors (Lipinski definition) is 5. The van der Waals surface area contributed by atoms with Gasteiger partial charge in [-0.05, 0) is 25.7 Å². The fourth-order valence-electron chi connectivity index (χ4n) is 2.07. The molecule has 0 aliphatic carbocycles. The number of rotatable bonds is 9. The van der Waals surface area contributed by atoms with Crippen molar-refractivity contribution in [1.82, 2.24) is 29.8 Å². The molecule has 0 saturated heterocycles. The average molecular weight is 292 g/mol. The van der Waals surface area contributed by atoms with E-state index in [1.807, 2.05) is 10.9 Å². The highest BCUT2D eigenvalue weighted by molar-refractivity contribution is 5.66. The molecule has 0 aliphatic rings. The largest absolute Gasteiger partial charge is 0.481 e. The topological polar surface area (TPSA) is 98.7 Å². The summed E-state index contributed by atoms with van der Waals surface area (Å²) in [6.07, 6.45) is 6.84. The molecule has 0 saturated carbocycles.